The van der Waals surface area contributed by atoms with Crippen LogP contribution in [0.1, 0.15) is 13.8 Å². The first kappa shape index (κ1) is 8.60. The molecule has 0 N–H and O–H groups in total. The van der Waals surface area contributed by atoms with E-state index in [0.717, 1.165) is 0 Å². The van der Waals surface area contributed by atoms with Crippen LogP contribution in [0.4, 0.5) is 0 Å². The molecule has 0 unspecified atom stereocenters. The fourth-order valence-corrected chi connectivity index (χ4v) is 0.769. The van der Waals surface area contributed by atoms with Crippen LogP contribution < -0.4 is 4.74 Å². The average molecular weight is 165 g/mol. The second kappa shape index (κ2) is 2.86. The lowest BCUT2D eigenvalue weighted by atomic mass is 10.2. The summed E-state index contributed by atoms with van der Waals surface area (Å²) in [7, 11) is 1.80. The van der Waals surface area contributed by atoms with E-state index in [1.807, 2.05) is 6.07 Å². The van der Waals surface area contributed by atoms with Gasteiger partial charge in [0, 0.05) is 7.05 Å². The molecule has 1 aromatic rings. The third kappa shape index (κ3) is 1.99. The Morgan fingerprint density at radius 2 is 2.33 bits per heavy atom. The van der Waals surface area contributed by atoms with E-state index in [4.69, 9.17) is 10.00 Å². The first-order chi connectivity index (χ1) is 5.53. The molecular formula is C8H11N3O. The van der Waals surface area contributed by atoms with Gasteiger partial charge in [0.2, 0.25) is 0 Å². The van der Waals surface area contributed by atoms with Gasteiger partial charge in [-0.2, -0.15) is 10.4 Å². The van der Waals surface area contributed by atoms with Crippen molar-refractivity contribution in [2.24, 2.45) is 7.05 Å². The van der Waals surface area contributed by atoms with Crippen LogP contribution in [0.2, 0.25) is 0 Å². The Kier molecular flexibility index (Phi) is 2.05. The monoisotopic (exact) mass is 165 g/mol. The van der Waals surface area contributed by atoms with Gasteiger partial charge in [-0.3, -0.25) is 4.68 Å². The van der Waals surface area contributed by atoms with E-state index in [9.17, 15) is 0 Å². The number of hydrogen-bond acceptors (Lipinski definition) is 3. The molecule has 1 rings (SSSR count). The van der Waals surface area contributed by atoms with Crippen LogP contribution in [0.5, 0.6) is 5.75 Å². The number of nitrogens with zero attached hydrogens (tertiary/aromatic N) is 3. The molecule has 0 aliphatic rings. The molecule has 0 spiro atoms. The molecule has 1 heterocycles. The lowest BCUT2D eigenvalue weighted by Gasteiger charge is -2.15. The molecule has 0 amide bonds. The summed E-state index contributed by atoms with van der Waals surface area (Å²) in [6.45, 7) is 3.42. The minimum atomic E-state index is -0.789. The van der Waals surface area contributed by atoms with E-state index in [1.54, 1.807) is 38.0 Å². The van der Waals surface area contributed by atoms with E-state index < -0.39 is 5.60 Å². The van der Waals surface area contributed by atoms with Gasteiger partial charge in [-0.15, -0.1) is 0 Å². The fraction of sp³-hybridized carbons (Fsp3) is 0.500. The summed E-state index contributed by atoms with van der Waals surface area (Å²) in [6, 6.07) is 2.04. The number of aromatic nitrogens is 2. The summed E-state index contributed by atoms with van der Waals surface area (Å²) in [5, 5.41) is 12.6. The Balaban J connectivity index is 2.72. The summed E-state index contributed by atoms with van der Waals surface area (Å²) < 4.78 is 6.96. The van der Waals surface area contributed by atoms with Gasteiger partial charge in [0.15, 0.2) is 11.4 Å². The molecule has 0 aliphatic carbocycles. The third-order valence-corrected chi connectivity index (χ3v) is 1.32. The van der Waals surface area contributed by atoms with Crippen molar-refractivity contribution in [1.82, 2.24) is 9.78 Å². The highest BCUT2D eigenvalue weighted by molar-refractivity contribution is 5.15. The predicted molar refractivity (Wildman–Crippen MR) is 43.5 cm³/mol. The Labute approximate surface area is 71.4 Å². The quantitative estimate of drug-likeness (QED) is 0.659. The van der Waals surface area contributed by atoms with E-state index >= 15 is 0 Å². The van der Waals surface area contributed by atoms with Crippen LogP contribution in [-0.4, -0.2) is 15.4 Å². The molecule has 0 aliphatic heterocycles. The molecule has 0 aromatic carbocycles. The summed E-state index contributed by atoms with van der Waals surface area (Å²) in [6.07, 6.45) is 3.30. The van der Waals surface area contributed by atoms with Crippen LogP contribution in [0.15, 0.2) is 12.4 Å². The van der Waals surface area contributed by atoms with Crippen molar-refractivity contribution < 1.29 is 4.74 Å². The van der Waals surface area contributed by atoms with Crippen molar-refractivity contribution in [2.75, 3.05) is 0 Å². The van der Waals surface area contributed by atoms with Crippen molar-refractivity contribution in [3.05, 3.63) is 12.4 Å². The summed E-state index contributed by atoms with van der Waals surface area (Å²) >= 11 is 0. The normalized spacial score (nSPS) is 10.8. The molecular weight excluding hydrogens is 154 g/mol. The van der Waals surface area contributed by atoms with Crippen molar-refractivity contribution >= 4 is 0 Å². The van der Waals surface area contributed by atoms with Crippen LogP contribution in [0, 0.1) is 11.3 Å². The third-order valence-electron chi connectivity index (χ3n) is 1.32. The van der Waals surface area contributed by atoms with Gasteiger partial charge in [0.25, 0.3) is 0 Å². The van der Waals surface area contributed by atoms with Crippen molar-refractivity contribution in [3.63, 3.8) is 0 Å². The molecule has 4 heteroatoms. The molecule has 0 fully saturated rings. The second-order valence-electron chi connectivity index (χ2n) is 3.07. The molecule has 0 atom stereocenters. The molecule has 1 aromatic heterocycles. The minimum Gasteiger partial charge on any atom is -0.470 e. The highest BCUT2D eigenvalue weighted by atomic mass is 16.5. The number of ether oxygens (including phenoxy) is 1. The van der Waals surface area contributed by atoms with Crippen molar-refractivity contribution in [1.29, 1.82) is 5.26 Å². The largest absolute Gasteiger partial charge is 0.470 e. The van der Waals surface area contributed by atoms with E-state index in [1.165, 1.54) is 0 Å². The van der Waals surface area contributed by atoms with Gasteiger partial charge in [-0.25, -0.2) is 0 Å². The second-order valence-corrected chi connectivity index (χ2v) is 3.07. The van der Waals surface area contributed by atoms with E-state index in [-0.39, 0.29) is 0 Å². The maximum absolute atomic E-state index is 8.66. The highest BCUT2D eigenvalue weighted by Gasteiger charge is 2.18. The van der Waals surface area contributed by atoms with Crippen LogP contribution >= 0.6 is 0 Å². The molecule has 0 radical (unpaired) electrons. The summed E-state index contributed by atoms with van der Waals surface area (Å²) in [5.74, 6) is 0.615. The van der Waals surface area contributed by atoms with Crippen molar-refractivity contribution in [2.45, 2.75) is 19.4 Å². The maximum atomic E-state index is 8.66. The molecule has 64 valence electrons. The molecule has 0 saturated heterocycles. The van der Waals surface area contributed by atoms with Gasteiger partial charge >= 0.3 is 0 Å². The zero-order valence-corrected chi connectivity index (χ0v) is 7.40. The lowest BCUT2D eigenvalue weighted by molar-refractivity contribution is 0.170. The number of rotatable bonds is 2. The highest BCUT2D eigenvalue weighted by Crippen LogP contribution is 2.15. The Morgan fingerprint density at radius 3 is 2.75 bits per heavy atom. The zero-order valence-electron chi connectivity index (χ0n) is 7.40. The van der Waals surface area contributed by atoms with Crippen LogP contribution in [0.25, 0.3) is 0 Å². The van der Waals surface area contributed by atoms with Gasteiger partial charge in [-0.1, -0.05) is 0 Å². The molecule has 0 bridgehead atoms. The molecule has 0 saturated carbocycles. The maximum Gasteiger partial charge on any atom is 0.188 e. The SMILES string of the molecule is Cn1cc(OC(C)(C)C#N)cn1. The predicted octanol–water partition coefficient (Wildman–Crippen LogP) is 1.10. The molecule has 12 heavy (non-hydrogen) atoms. The Morgan fingerprint density at radius 1 is 1.67 bits per heavy atom. The van der Waals surface area contributed by atoms with Crippen molar-refractivity contribution in [3.8, 4) is 11.8 Å². The van der Waals surface area contributed by atoms with Crippen LogP contribution in [0.3, 0.4) is 0 Å². The number of aryl methyl sites for hydroxylation is 1. The minimum absolute atomic E-state index is 0.615. The number of nitriles is 1. The van der Waals surface area contributed by atoms with Gasteiger partial charge < -0.3 is 4.74 Å². The summed E-state index contributed by atoms with van der Waals surface area (Å²) in [5.41, 5.74) is -0.789. The summed E-state index contributed by atoms with van der Waals surface area (Å²) in [4.78, 5) is 0. The van der Waals surface area contributed by atoms with Crippen LogP contribution in [-0.2, 0) is 7.05 Å². The zero-order chi connectivity index (χ0) is 9.19. The van der Waals surface area contributed by atoms with Gasteiger partial charge in [0.1, 0.15) is 6.07 Å². The number of hydrogen-bond donors (Lipinski definition) is 0. The smallest absolute Gasteiger partial charge is 0.188 e. The first-order valence-corrected chi connectivity index (χ1v) is 3.62. The van der Waals surface area contributed by atoms with Gasteiger partial charge in [-0.05, 0) is 13.8 Å². The standard InChI is InChI=1S/C8H11N3O/c1-8(2,6-9)12-7-4-10-11(3)5-7/h4-5H,1-3H3. The van der Waals surface area contributed by atoms with Gasteiger partial charge in [0.05, 0.1) is 12.4 Å². The Hall–Kier alpha value is -1.50. The average Bonchev–Trinajstić information content (AvgIpc) is 2.35. The fourth-order valence-electron chi connectivity index (χ4n) is 0.769. The lowest BCUT2D eigenvalue weighted by Crippen LogP contribution is -2.25. The van der Waals surface area contributed by atoms with E-state index in [2.05, 4.69) is 5.10 Å². The van der Waals surface area contributed by atoms with E-state index in [0.29, 0.717) is 5.75 Å². The topological polar surface area (TPSA) is 50.8 Å². The Bertz CT molecular complexity index is 308. The molecule has 4 nitrogen and oxygen atoms in total. The first-order valence-electron chi connectivity index (χ1n) is 3.62.